The Hall–Kier alpha value is -3.18. The molecule has 0 saturated heterocycles. The van der Waals surface area contributed by atoms with Crippen LogP contribution in [0.15, 0.2) is 91.0 Å². The van der Waals surface area contributed by atoms with E-state index in [4.69, 9.17) is 14.2 Å². The van der Waals surface area contributed by atoms with Gasteiger partial charge in [-0.05, 0) is 74.9 Å². The van der Waals surface area contributed by atoms with E-state index in [0.717, 1.165) is 38.5 Å². The summed E-state index contributed by atoms with van der Waals surface area (Å²) in [5.41, 5.74) is 0. The molecule has 0 aliphatic heterocycles. The summed E-state index contributed by atoms with van der Waals surface area (Å²) in [6.07, 6.45) is 19.4. The molecule has 3 unspecified atom stereocenters. The zero-order valence-electron chi connectivity index (χ0n) is 35.4. The molecular formula is C48H69NdO9. The molecule has 0 N–H and O–H groups in total. The minimum atomic E-state index is -1.13. The zero-order valence-corrected chi connectivity index (χ0v) is 38.6. The molecule has 0 heterocycles. The van der Waals surface area contributed by atoms with Crippen LogP contribution in [-0.2, 0) is 14.4 Å². The van der Waals surface area contributed by atoms with E-state index in [1.165, 1.54) is 77.0 Å². The van der Waals surface area contributed by atoms with Crippen LogP contribution in [-0.4, -0.2) is 36.2 Å². The maximum atomic E-state index is 11.0. The van der Waals surface area contributed by atoms with Crippen LogP contribution in [0, 0.1) is 40.8 Å². The summed E-state index contributed by atoms with van der Waals surface area (Å²) >= 11 is 0. The number of carbonyl (C=O) groups is 3. The smallest absolute Gasteiger partial charge is 0.546 e. The minimum Gasteiger partial charge on any atom is -0.546 e. The average molecular weight is 934 g/mol. The summed E-state index contributed by atoms with van der Waals surface area (Å²) in [5.74, 6) is -1.62. The molecule has 0 fully saturated rings. The standard InChI is InChI=1S/3C16H24O3.Nd/c3*1-2-3-4-5-6-10-13-15(16(17)18)19-14-11-8-7-9-12-14;/h3*7-9,11-12,15H,2-6,10,13H2,1H3,(H,17,18);/q;;;+3/p-3. The van der Waals surface area contributed by atoms with Gasteiger partial charge >= 0.3 is 40.8 Å². The number of hydrogen-bond acceptors (Lipinski definition) is 9. The molecular weight excluding hydrogens is 865 g/mol. The third kappa shape index (κ3) is 29.9. The first kappa shape index (κ1) is 54.8. The van der Waals surface area contributed by atoms with Crippen LogP contribution in [0.2, 0.25) is 0 Å². The second-order valence-electron chi connectivity index (χ2n) is 14.4. The Morgan fingerprint density at radius 2 is 0.586 bits per heavy atom. The number of aliphatic carboxylic acids is 3. The largest absolute Gasteiger partial charge is 3.00 e. The molecule has 3 rings (SSSR count). The molecule has 0 aliphatic carbocycles. The monoisotopic (exact) mass is 931 g/mol. The number of carbonyl (C=O) groups excluding carboxylic acids is 3. The van der Waals surface area contributed by atoms with Crippen LogP contribution in [0.3, 0.4) is 0 Å². The van der Waals surface area contributed by atoms with Gasteiger partial charge in [-0.25, -0.2) is 0 Å². The molecule has 58 heavy (non-hydrogen) atoms. The quantitative estimate of drug-likeness (QED) is 0.0599. The predicted octanol–water partition coefficient (Wildman–Crippen LogP) is 8.80. The predicted molar refractivity (Wildman–Crippen MR) is 222 cm³/mol. The van der Waals surface area contributed by atoms with Gasteiger partial charge in [0.05, 0.1) is 17.9 Å². The number of para-hydroxylation sites is 3. The van der Waals surface area contributed by atoms with Gasteiger partial charge in [0.2, 0.25) is 0 Å². The van der Waals surface area contributed by atoms with E-state index in [0.29, 0.717) is 36.5 Å². The van der Waals surface area contributed by atoms with Gasteiger partial charge in [-0.3, -0.25) is 0 Å². The van der Waals surface area contributed by atoms with Crippen molar-refractivity contribution in [3.8, 4) is 17.2 Å². The number of benzene rings is 3. The van der Waals surface area contributed by atoms with E-state index in [1.807, 2.05) is 54.6 Å². The van der Waals surface area contributed by atoms with E-state index >= 15 is 0 Å². The molecule has 0 aliphatic rings. The second kappa shape index (κ2) is 38.0. The van der Waals surface area contributed by atoms with E-state index in [9.17, 15) is 29.7 Å². The van der Waals surface area contributed by atoms with Crippen molar-refractivity contribution in [3.05, 3.63) is 91.0 Å². The fraction of sp³-hybridized carbons (Fsp3) is 0.562. The summed E-state index contributed by atoms with van der Waals surface area (Å²) in [6, 6.07) is 27.1. The summed E-state index contributed by atoms with van der Waals surface area (Å²) in [6.45, 7) is 6.54. The van der Waals surface area contributed by atoms with E-state index in [-0.39, 0.29) is 40.8 Å². The van der Waals surface area contributed by atoms with E-state index in [1.54, 1.807) is 36.4 Å². The molecule has 3 atom stereocenters. The molecule has 3 aromatic rings. The fourth-order valence-corrected chi connectivity index (χ4v) is 5.99. The van der Waals surface area contributed by atoms with Crippen molar-refractivity contribution in [2.24, 2.45) is 0 Å². The number of carboxylic acid groups (broad SMARTS) is 3. The summed E-state index contributed by atoms with van der Waals surface area (Å²) < 4.78 is 16.3. The van der Waals surface area contributed by atoms with Gasteiger partial charge in [-0.1, -0.05) is 172 Å². The van der Waals surface area contributed by atoms with Crippen molar-refractivity contribution < 1.29 is 84.8 Å². The number of hydrogen-bond donors (Lipinski definition) is 0. The third-order valence-corrected chi connectivity index (χ3v) is 9.31. The Kier molecular flexibility index (Phi) is 36.0. The molecule has 3 aromatic carbocycles. The first-order valence-corrected chi connectivity index (χ1v) is 21.5. The van der Waals surface area contributed by atoms with Gasteiger partial charge < -0.3 is 43.9 Å². The topological polar surface area (TPSA) is 148 Å². The normalized spacial score (nSPS) is 11.8. The van der Waals surface area contributed by atoms with Gasteiger partial charge in [0.25, 0.3) is 0 Å². The Balaban J connectivity index is 0.000000833. The van der Waals surface area contributed by atoms with Crippen molar-refractivity contribution in [1.82, 2.24) is 0 Å². The number of rotatable bonds is 30. The summed E-state index contributed by atoms with van der Waals surface area (Å²) in [4.78, 5) is 33.1. The van der Waals surface area contributed by atoms with Gasteiger partial charge in [0.1, 0.15) is 35.6 Å². The van der Waals surface area contributed by atoms with Crippen molar-refractivity contribution in [2.75, 3.05) is 0 Å². The minimum absolute atomic E-state index is 0. The third-order valence-electron chi connectivity index (χ3n) is 9.31. The van der Waals surface area contributed by atoms with Gasteiger partial charge in [-0.2, -0.15) is 0 Å². The molecule has 0 saturated carbocycles. The Labute approximate surface area is 382 Å². The second-order valence-corrected chi connectivity index (χ2v) is 14.4. The van der Waals surface area contributed by atoms with Gasteiger partial charge in [0.15, 0.2) is 0 Å². The first-order chi connectivity index (χ1) is 27.7. The molecule has 1 radical (unpaired) electrons. The molecule has 0 spiro atoms. The molecule has 9 nitrogen and oxygen atoms in total. The number of ether oxygens (including phenoxy) is 3. The zero-order chi connectivity index (χ0) is 41.8. The number of unbranched alkanes of at least 4 members (excludes halogenated alkanes) is 15. The van der Waals surface area contributed by atoms with Crippen LogP contribution in [0.5, 0.6) is 17.2 Å². The van der Waals surface area contributed by atoms with Crippen LogP contribution in [0.1, 0.15) is 156 Å². The first-order valence-electron chi connectivity index (χ1n) is 21.5. The Morgan fingerprint density at radius 3 is 0.793 bits per heavy atom. The molecule has 0 aromatic heterocycles. The molecule has 0 amide bonds. The molecule has 0 bridgehead atoms. The van der Waals surface area contributed by atoms with Crippen molar-refractivity contribution in [3.63, 3.8) is 0 Å². The maximum Gasteiger partial charge on any atom is 3.00 e. The molecule has 10 heteroatoms. The van der Waals surface area contributed by atoms with Crippen molar-refractivity contribution in [2.45, 2.75) is 174 Å². The SMILES string of the molecule is CCCCCCCCC(Oc1ccccc1)C(=O)[O-].CCCCCCCCC(Oc1ccccc1)C(=O)[O-].CCCCCCCCC(Oc1ccccc1)C(=O)[O-].[Nd+3]. The van der Waals surface area contributed by atoms with Crippen LogP contribution >= 0.6 is 0 Å². The van der Waals surface area contributed by atoms with Crippen LogP contribution in [0.4, 0.5) is 0 Å². The van der Waals surface area contributed by atoms with Crippen LogP contribution in [0.25, 0.3) is 0 Å². The average Bonchev–Trinajstić information content (AvgIpc) is 3.22. The van der Waals surface area contributed by atoms with Crippen molar-refractivity contribution in [1.29, 1.82) is 0 Å². The molecule has 319 valence electrons. The van der Waals surface area contributed by atoms with Crippen molar-refractivity contribution >= 4 is 17.9 Å². The Bertz CT molecular complexity index is 1220. The summed E-state index contributed by atoms with van der Waals surface area (Å²) in [7, 11) is 0. The Morgan fingerprint density at radius 1 is 0.379 bits per heavy atom. The summed E-state index contributed by atoms with van der Waals surface area (Å²) in [5, 5.41) is 33.1. The van der Waals surface area contributed by atoms with E-state index in [2.05, 4.69) is 20.8 Å². The van der Waals surface area contributed by atoms with Gasteiger partial charge in [-0.15, -0.1) is 0 Å². The van der Waals surface area contributed by atoms with Gasteiger partial charge in [0, 0.05) is 0 Å². The maximum absolute atomic E-state index is 11.0. The van der Waals surface area contributed by atoms with Crippen LogP contribution < -0.4 is 29.5 Å². The fourth-order valence-electron chi connectivity index (χ4n) is 5.99. The van der Waals surface area contributed by atoms with E-state index < -0.39 is 36.2 Å². The number of carboxylic acids is 3.